The maximum atomic E-state index is 11.9. The summed E-state index contributed by atoms with van der Waals surface area (Å²) in [6.45, 7) is 0. The van der Waals surface area contributed by atoms with E-state index in [4.69, 9.17) is 10.00 Å². The molecular formula is C17H11N5O2. The van der Waals surface area contributed by atoms with Crippen molar-refractivity contribution in [2.75, 3.05) is 0 Å². The van der Waals surface area contributed by atoms with E-state index >= 15 is 0 Å². The van der Waals surface area contributed by atoms with E-state index in [-0.39, 0.29) is 0 Å². The van der Waals surface area contributed by atoms with Crippen LogP contribution in [0.3, 0.4) is 0 Å². The molecule has 0 atom stereocenters. The molecule has 1 aromatic heterocycles. The number of tetrazole rings is 1. The fraction of sp³-hybridized carbons (Fsp3) is 0. The second-order valence-corrected chi connectivity index (χ2v) is 4.70. The lowest BCUT2D eigenvalue weighted by Crippen LogP contribution is -2.04. The van der Waals surface area contributed by atoms with Crippen molar-refractivity contribution < 1.29 is 9.53 Å². The summed E-state index contributed by atoms with van der Waals surface area (Å²) in [7, 11) is 0. The lowest BCUT2D eigenvalue weighted by molar-refractivity contribution is -0.128. The van der Waals surface area contributed by atoms with Crippen molar-refractivity contribution in [2.24, 2.45) is 0 Å². The summed E-state index contributed by atoms with van der Waals surface area (Å²) >= 11 is 0. The summed E-state index contributed by atoms with van der Waals surface area (Å²) in [6, 6.07) is 15.8. The molecule has 1 heterocycles. The van der Waals surface area contributed by atoms with Crippen molar-refractivity contribution in [3.8, 4) is 17.5 Å². The Balaban J connectivity index is 1.67. The number of carbonyl (C=O) groups is 1. The summed E-state index contributed by atoms with van der Waals surface area (Å²) in [6.07, 6.45) is 4.30. The molecule has 0 spiro atoms. The van der Waals surface area contributed by atoms with Gasteiger partial charge in [-0.25, -0.2) is 9.48 Å². The van der Waals surface area contributed by atoms with E-state index in [1.807, 2.05) is 0 Å². The van der Waals surface area contributed by atoms with Crippen LogP contribution in [0.4, 0.5) is 0 Å². The Labute approximate surface area is 137 Å². The highest BCUT2D eigenvalue weighted by Gasteiger charge is 2.03. The predicted molar refractivity (Wildman–Crippen MR) is 85.0 cm³/mol. The average molecular weight is 317 g/mol. The number of nitriles is 1. The molecule has 24 heavy (non-hydrogen) atoms. The molecule has 0 saturated heterocycles. The summed E-state index contributed by atoms with van der Waals surface area (Å²) < 4.78 is 6.70. The average Bonchev–Trinajstić information content (AvgIpc) is 3.15. The van der Waals surface area contributed by atoms with E-state index in [0.717, 1.165) is 5.69 Å². The van der Waals surface area contributed by atoms with E-state index in [9.17, 15) is 4.79 Å². The van der Waals surface area contributed by atoms with Gasteiger partial charge in [-0.05, 0) is 52.4 Å². The van der Waals surface area contributed by atoms with E-state index < -0.39 is 5.97 Å². The van der Waals surface area contributed by atoms with Crippen LogP contribution >= 0.6 is 0 Å². The van der Waals surface area contributed by atoms with Gasteiger partial charge in [-0.3, -0.25) is 0 Å². The van der Waals surface area contributed by atoms with Gasteiger partial charge >= 0.3 is 5.97 Å². The van der Waals surface area contributed by atoms with Crippen molar-refractivity contribution in [1.82, 2.24) is 20.2 Å². The van der Waals surface area contributed by atoms with Gasteiger partial charge in [0.15, 0.2) is 0 Å². The quantitative estimate of drug-likeness (QED) is 0.416. The zero-order chi connectivity index (χ0) is 16.8. The Morgan fingerprint density at radius 2 is 1.96 bits per heavy atom. The van der Waals surface area contributed by atoms with E-state index in [0.29, 0.717) is 16.9 Å². The third-order valence-electron chi connectivity index (χ3n) is 3.15. The molecule has 7 heteroatoms. The first-order chi connectivity index (χ1) is 11.8. The molecule has 0 saturated carbocycles. The van der Waals surface area contributed by atoms with Gasteiger partial charge in [-0.1, -0.05) is 18.2 Å². The van der Waals surface area contributed by atoms with E-state index in [1.165, 1.54) is 17.1 Å². The molecular weight excluding hydrogens is 306 g/mol. The molecule has 0 fully saturated rings. The topological polar surface area (TPSA) is 93.7 Å². The fourth-order valence-corrected chi connectivity index (χ4v) is 2.00. The number of hydrogen-bond donors (Lipinski definition) is 0. The SMILES string of the molecule is N#Cc1ccccc1/C=C/C(=O)Oc1ccc(-n2cnnn2)cc1. The highest BCUT2D eigenvalue weighted by atomic mass is 16.5. The van der Waals surface area contributed by atoms with Crippen LogP contribution in [0.2, 0.25) is 0 Å². The second kappa shape index (κ2) is 6.98. The number of nitrogens with zero attached hydrogens (tertiary/aromatic N) is 5. The van der Waals surface area contributed by atoms with Crippen LogP contribution in [0.25, 0.3) is 11.8 Å². The van der Waals surface area contributed by atoms with E-state index in [2.05, 4.69) is 21.6 Å². The number of ether oxygens (including phenoxy) is 1. The van der Waals surface area contributed by atoms with Crippen LogP contribution in [0.5, 0.6) is 5.75 Å². The monoisotopic (exact) mass is 317 g/mol. The molecule has 0 bridgehead atoms. The predicted octanol–water partition coefficient (Wildman–Crippen LogP) is 2.15. The van der Waals surface area contributed by atoms with Crippen LogP contribution in [0.15, 0.2) is 60.9 Å². The maximum absolute atomic E-state index is 11.9. The summed E-state index contributed by atoms with van der Waals surface area (Å²) in [5.74, 6) is -0.132. The summed E-state index contributed by atoms with van der Waals surface area (Å²) in [4.78, 5) is 11.9. The minimum Gasteiger partial charge on any atom is -0.423 e. The normalized spacial score (nSPS) is 10.5. The number of carbonyl (C=O) groups excluding carboxylic acids is 1. The van der Waals surface area contributed by atoms with Gasteiger partial charge in [-0.2, -0.15) is 5.26 Å². The Bertz CT molecular complexity index is 909. The molecule has 3 rings (SSSR count). The van der Waals surface area contributed by atoms with Gasteiger partial charge < -0.3 is 4.74 Å². The number of benzene rings is 2. The molecule has 0 aliphatic heterocycles. The smallest absolute Gasteiger partial charge is 0.336 e. The minimum atomic E-state index is -0.530. The van der Waals surface area contributed by atoms with Crippen LogP contribution in [0, 0.1) is 11.3 Å². The summed E-state index contributed by atoms with van der Waals surface area (Å²) in [5, 5.41) is 19.9. The Morgan fingerprint density at radius 1 is 1.17 bits per heavy atom. The van der Waals surface area contributed by atoms with Gasteiger partial charge in [0.1, 0.15) is 12.1 Å². The number of rotatable bonds is 4. The number of esters is 1. The van der Waals surface area contributed by atoms with Crippen LogP contribution in [-0.2, 0) is 4.79 Å². The maximum Gasteiger partial charge on any atom is 0.336 e. The van der Waals surface area contributed by atoms with Crippen molar-refractivity contribution in [2.45, 2.75) is 0 Å². The third-order valence-corrected chi connectivity index (χ3v) is 3.15. The van der Waals surface area contributed by atoms with Gasteiger partial charge in [0.2, 0.25) is 0 Å². The Kier molecular flexibility index (Phi) is 4.40. The largest absolute Gasteiger partial charge is 0.423 e. The third kappa shape index (κ3) is 3.51. The highest BCUT2D eigenvalue weighted by molar-refractivity contribution is 5.89. The Morgan fingerprint density at radius 3 is 2.67 bits per heavy atom. The zero-order valence-electron chi connectivity index (χ0n) is 12.4. The standard InChI is InChI=1S/C17H11N5O2/c18-11-14-4-2-1-3-13(14)5-10-17(23)24-16-8-6-15(7-9-16)22-12-19-20-21-22/h1-10,12H/b10-5+. The van der Waals surface area contributed by atoms with Gasteiger partial charge in [0, 0.05) is 6.08 Å². The molecule has 0 N–H and O–H groups in total. The first kappa shape index (κ1) is 15.1. The van der Waals surface area contributed by atoms with Crippen LogP contribution in [0.1, 0.15) is 11.1 Å². The lowest BCUT2D eigenvalue weighted by atomic mass is 10.1. The molecule has 3 aromatic rings. The molecule has 0 aliphatic rings. The van der Waals surface area contributed by atoms with Crippen molar-refractivity contribution in [3.63, 3.8) is 0 Å². The van der Waals surface area contributed by atoms with Gasteiger partial charge in [0.25, 0.3) is 0 Å². The summed E-state index contributed by atoms with van der Waals surface area (Å²) in [5.41, 5.74) is 1.90. The molecule has 0 radical (unpaired) electrons. The Hall–Kier alpha value is -3.79. The molecule has 116 valence electrons. The van der Waals surface area contributed by atoms with Crippen LogP contribution in [-0.4, -0.2) is 26.2 Å². The highest BCUT2D eigenvalue weighted by Crippen LogP contribution is 2.15. The number of hydrogen-bond acceptors (Lipinski definition) is 6. The molecule has 0 aliphatic carbocycles. The molecule has 0 unspecified atom stereocenters. The second-order valence-electron chi connectivity index (χ2n) is 4.70. The van der Waals surface area contributed by atoms with Crippen LogP contribution < -0.4 is 4.74 Å². The van der Waals surface area contributed by atoms with Gasteiger partial charge in [0.05, 0.1) is 17.3 Å². The first-order valence-corrected chi connectivity index (χ1v) is 6.99. The van der Waals surface area contributed by atoms with Crippen molar-refractivity contribution >= 4 is 12.0 Å². The lowest BCUT2D eigenvalue weighted by Gasteiger charge is -2.03. The molecule has 7 nitrogen and oxygen atoms in total. The minimum absolute atomic E-state index is 0.398. The zero-order valence-corrected chi connectivity index (χ0v) is 12.4. The molecule has 0 amide bonds. The van der Waals surface area contributed by atoms with E-state index in [1.54, 1.807) is 54.6 Å². The van der Waals surface area contributed by atoms with Crippen molar-refractivity contribution in [3.05, 3.63) is 72.1 Å². The molecule has 2 aromatic carbocycles. The van der Waals surface area contributed by atoms with Gasteiger partial charge in [-0.15, -0.1) is 5.10 Å². The first-order valence-electron chi connectivity index (χ1n) is 6.99. The number of aromatic nitrogens is 4. The fourth-order valence-electron chi connectivity index (χ4n) is 2.00. The van der Waals surface area contributed by atoms with Crippen molar-refractivity contribution in [1.29, 1.82) is 5.26 Å².